The molecule has 0 aliphatic carbocycles. The number of Topliss-reactive ketones (excluding diaryl/α,β-unsaturated/α-hetero) is 1. The minimum atomic E-state index is -0.167. The van der Waals surface area contributed by atoms with E-state index in [1.165, 1.54) is 11.8 Å². The first-order chi connectivity index (χ1) is 13.0. The number of anilines is 2. The fourth-order valence-electron chi connectivity index (χ4n) is 3.43. The first-order valence-corrected chi connectivity index (χ1v) is 9.59. The van der Waals surface area contributed by atoms with Crippen molar-refractivity contribution < 1.29 is 14.5 Å². The number of para-hydroxylation sites is 1. The summed E-state index contributed by atoms with van der Waals surface area (Å²) in [5.41, 5.74) is 2.31. The fourth-order valence-corrected chi connectivity index (χ4v) is 3.68. The quantitative estimate of drug-likeness (QED) is 0.775. The molecular weight excluding hydrogens is 362 g/mol. The molecule has 0 aromatic heterocycles. The van der Waals surface area contributed by atoms with E-state index in [1.54, 1.807) is 18.2 Å². The van der Waals surface area contributed by atoms with Gasteiger partial charge in [-0.2, -0.15) is 0 Å². The predicted octanol–water partition coefficient (Wildman–Crippen LogP) is 2.27. The smallest absolute Gasteiger partial charge is 0.282 e. The lowest BCUT2D eigenvalue weighted by molar-refractivity contribution is -0.914. The van der Waals surface area contributed by atoms with E-state index in [9.17, 15) is 9.59 Å². The summed E-state index contributed by atoms with van der Waals surface area (Å²) in [6.07, 6.45) is 0. The largest absolute Gasteiger partial charge is 0.359 e. The van der Waals surface area contributed by atoms with Gasteiger partial charge in [0.15, 0.2) is 11.8 Å². The standard InChI is InChI=1S/C21H24ClN3O2/c1-15(21(27)23-18-7-5-6-17(14-18)16(2)26)24-10-12-25(13-11-24)20-9-4-3-8-19(20)22/h3-9,14-15H,10-13H2,1-2H3,(H,23,27)/p+1/t15-/m0/s1. The molecule has 5 nitrogen and oxygen atoms in total. The number of carbonyl (C=O) groups is 2. The molecule has 1 amide bonds. The van der Waals surface area contributed by atoms with E-state index in [0.717, 1.165) is 36.9 Å². The Morgan fingerprint density at radius 2 is 1.81 bits per heavy atom. The minimum Gasteiger partial charge on any atom is -0.359 e. The molecule has 1 heterocycles. The number of nitrogens with zero attached hydrogens (tertiary/aromatic N) is 1. The average molecular weight is 387 g/mol. The van der Waals surface area contributed by atoms with Gasteiger partial charge in [0.1, 0.15) is 0 Å². The van der Waals surface area contributed by atoms with Gasteiger partial charge in [0.05, 0.1) is 36.9 Å². The second kappa shape index (κ2) is 8.55. The first-order valence-electron chi connectivity index (χ1n) is 9.21. The number of benzene rings is 2. The van der Waals surface area contributed by atoms with Gasteiger partial charge in [-0.3, -0.25) is 9.59 Å². The van der Waals surface area contributed by atoms with Crippen molar-refractivity contribution in [1.82, 2.24) is 0 Å². The fraction of sp³-hybridized carbons (Fsp3) is 0.333. The van der Waals surface area contributed by atoms with Crippen LogP contribution in [0.1, 0.15) is 24.2 Å². The monoisotopic (exact) mass is 386 g/mol. The van der Waals surface area contributed by atoms with E-state index in [0.29, 0.717) is 11.3 Å². The number of carbonyl (C=O) groups excluding carboxylic acids is 2. The summed E-state index contributed by atoms with van der Waals surface area (Å²) in [5.74, 6) is -0.0441. The third kappa shape index (κ3) is 4.67. The molecule has 1 aliphatic heterocycles. The Morgan fingerprint density at radius 1 is 1.11 bits per heavy atom. The molecule has 1 fully saturated rings. The summed E-state index contributed by atoms with van der Waals surface area (Å²) in [5, 5.41) is 3.70. The van der Waals surface area contributed by atoms with E-state index >= 15 is 0 Å². The maximum atomic E-state index is 12.6. The van der Waals surface area contributed by atoms with Crippen molar-refractivity contribution in [3.8, 4) is 0 Å². The summed E-state index contributed by atoms with van der Waals surface area (Å²) >= 11 is 6.30. The van der Waals surface area contributed by atoms with Gasteiger partial charge in [0, 0.05) is 11.3 Å². The van der Waals surface area contributed by atoms with Gasteiger partial charge in [-0.1, -0.05) is 35.9 Å². The minimum absolute atomic E-state index is 0.0135. The van der Waals surface area contributed by atoms with E-state index in [2.05, 4.69) is 10.2 Å². The topological polar surface area (TPSA) is 53.9 Å². The Kier molecular flexibility index (Phi) is 6.14. The Morgan fingerprint density at radius 3 is 2.48 bits per heavy atom. The van der Waals surface area contributed by atoms with E-state index in [-0.39, 0.29) is 17.7 Å². The number of hydrogen-bond acceptors (Lipinski definition) is 3. The van der Waals surface area contributed by atoms with Crippen LogP contribution in [0.3, 0.4) is 0 Å². The Labute approximate surface area is 164 Å². The van der Waals surface area contributed by atoms with E-state index < -0.39 is 0 Å². The van der Waals surface area contributed by atoms with Crippen LogP contribution in [0.5, 0.6) is 0 Å². The maximum absolute atomic E-state index is 12.6. The molecule has 1 atom stereocenters. The van der Waals surface area contributed by atoms with Crippen LogP contribution in [0.4, 0.5) is 11.4 Å². The zero-order valence-corrected chi connectivity index (χ0v) is 16.4. The third-order valence-electron chi connectivity index (χ3n) is 5.14. The van der Waals surface area contributed by atoms with Gasteiger partial charge >= 0.3 is 0 Å². The lowest BCUT2D eigenvalue weighted by atomic mass is 10.1. The number of hydrogen-bond donors (Lipinski definition) is 2. The molecule has 0 unspecified atom stereocenters. The van der Waals surface area contributed by atoms with Crippen molar-refractivity contribution in [2.45, 2.75) is 19.9 Å². The number of amides is 1. The summed E-state index contributed by atoms with van der Waals surface area (Å²) in [7, 11) is 0. The lowest BCUT2D eigenvalue weighted by Crippen LogP contribution is -3.19. The summed E-state index contributed by atoms with van der Waals surface area (Å²) in [4.78, 5) is 27.7. The van der Waals surface area contributed by atoms with Crippen molar-refractivity contribution in [1.29, 1.82) is 0 Å². The SMILES string of the molecule is CC(=O)c1cccc(NC(=O)[C@H](C)[NH+]2CCN(c3ccccc3Cl)CC2)c1. The number of quaternary nitrogens is 1. The van der Waals surface area contributed by atoms with Crippen molar-refractivity contribution >= 4 is 34.7 Å². The van der Waals surface area contributed by atoms with Crippen molar-refractivity contribution in [2.24, 2.45) is 0 Å². The third-order valence-corrected chi connectivity index (χ3v) is 5.46. The number of ketones is 1. The molecule has 0 radical (unpaired) electrons. The molecule has 0 bridgehead atoms. The van der Waals surface area contributed by atoms with Crippen molar-refractivity contribution in [2.75, 3.05) is 36.4 Å². The van der Waals surface area contributed by atoms with Gasteiger partial charge < -0.3 is 15.1 Å². The first kappa shape index (κ1) is 19.4. The Balaban J connectivity index is 1.58. The maximum Gasteiger partial charge on any atom is 0.282 e. The summed E-state index contributed by atoms with van der Waals surface area (Å²) < 4.78 is 0. The highest BCUT2D eigenvalue weighted by molar-refractivity contribution is 6.33. The molecule has 6 heteroatoms. The second-order valence-electron chi connectivity index (χ2n) is 6.94. The molecule has 2 N–H and O–H groups in total. The van der Waals surface area contributed by atoms with Gasteiger partial charge in [-0.05, 0) is 38.1 Å². The zero-order chi connectivity index (χ0) is 19.4. The highest BCUT2D eigenvalue weighted by Gasteiger charge is 2.29. The molecule has 1 aliphatic rings. The van der Waals surface area contributed by atoms with Crippen LogP contribution in [0.2, 0.25) is 5.02 Å². The molecule has 2 aromatic rings. The molecule has 1 saturated heterocycles. The van der Waals surface area contributed by atoms with Crippen LogP contribution in [0, 0.1) is 0 Å². The van der Waals surface area contributed by atoms with Crippen LogP contribution in [0.15, 0.2) is 48.5 Å². The summed E-state index contributed by atoms with van der Waals surface area (Å²) in [6.45, 7) is 6.92. The molecule has 2 aromatic carbocycles. The number of rotatable bonds is 5. The highest BCUT2D eigenvalue weighted by atomic mass is 35.5. The van der Waals surface area contributed by atoms with Gasteiger partial charge in [-0.15, -0.1) is 0 Å². The molecule has 0 saturated carbocycles. The molecule has 3 rings (SSSR count). The van der Waals surface area contributed by atoms with Gasteiger partial charge in [0.2, 0.25) is 0 Å². The average Bonchev–Trinajstić information content (AvgIpc) is 2.68. The van der Waals surface area contributed by atoms with Gasteiger partial charge in [0.25, 0.3) is 5.91 Å². The lowest BCUT2D eigenvalue weighted by Gasteiger charge is -2.36. The van der Waals surface area contributed by atoms with Crippen LogP contribution >= 0.6 is 11.6 Å². The number of halogens is 1. The number of nitrogens with one attached hydrogen (secondary N) is 2. The highest BCUT2D eigenvalue weighted by Crippen LogP contribution is 2.24. The molecular formula is C21H25ClN3O2+. The van der Waals surface area contributed by atoms with Gasteiger partial charge in [-0.25, -0.2) is 0 Å². The second-order valence-corrected chi connectivity index (χ2v) is 7.35. The normalized spacial score (nSPS) is 16.0. The Bertz CT molecular complexity index is 832. The molecule has 27 heavy (non-hydrogen) atoms. The predicted molar refractivity (Wildman–Crippen MR) is 109 cm³/mol. The van der Waals surface area contributed by atoms with E-state index in [1.807, 2.05) is 37.3 Å². The molecule has 0 spiro atoms. The van der Waals surface area contributed by atoms with Crippen LogP contribution < -0.4 is 15.1 Å². The van der Waals surface area contributed by atoms with Crippen LogP contribution in [-0.4, -0.2) is 43.9 Å². The Hall–Kier alpha value is -2.37. The number of piperazine rings is 1. The van der Waals surface area contributed by atoms with Crippen molar-refractivity contribution in [3.05, 3.63) is 59.1 Å². The zero-order valence-electron chi connectivity index (χ0n) is 15.7. The summed E-state index contributed by atoms with van der Waals surface area (Å²) in [6, 6.07) is 14.8. The van der Waals surface area contributed by atoms with Crippen LogP contribution in [-0.2, 0) is 4.79 Å². The van der Waals surface area contributed by atoms with Crippen molar-refractivity contribution in [3.63, 3.8) is 0 Å². The molecule has 142 valence electrons. The van der Waals surface area contributed by atoms with E-state index in [4.69, 9.17) is 11.6 Å². The van der Waals surface area contributed by atoms with Crippen LogP contribution in [0.25, 0.3) is 0 Å².